The molecule has 4 nitrogen and oxygen atoms in total. The summed E-state index contributed by atoms with van der Waals surface area (Å²) in [7, 11) is 0. The number of nitrogens with two attached hydrogens (primary N) is 1. The van der Waals surface area contributed by atoms with Crippen molar-refractivity contribution in [1.29, 1.82) is 0 Å². The number of amides is 1. The lowest BCUT2D eigenvalue weighted by atomic mass is 10.2. The fourth-order valence-corrected chi connectivity index (χ4v) is 1.81. The number of nitrogen functional groups attached to an aromatic ring is 1. The highest BCUT2D eigenvalue weighted by atomic mass is 32.1. The molecule has 0 radical (unpaired) electrons. The molecule has 2 rings (SSSR count). The molecule has 0 aliphatic carbocycles. The Bertz CT molecular complexity index is 524. The number of anilines is 1. The highest BCUT2D eigenvalue weighted by Crippen LogP contribution is 2.11. The van der Waals surface area contributed by atoms with E-state index >= 15 is 0 Å². The molecule has 1 aromatic heterocycles. The Morgan fingerprint density at radius 1 is 1.41 bits per heavy atom. The molecule has 17 heavy (non-hydrogen) atoms. The molecule has 0 aliphatic heterocycles. The Morgan fingerprint density at radius 2 is 2.12 bits per heavy atom. The van der Waals surface area contributed by atoms with Gasteiger partial charge in [-0.1, -0.05) is 12.1 Å². The third kappa shape index (κ3) is 3.01. The summed E-state index contributed by atoms with van der Waals surface area (Å²) in [6.07, 6.45) is 0. The smallest absolute Gasteiger partial charge is 0.271 e. The van der Waals surface area contributed by atoms with Gasteiger partial charge in [0.2, 0.25) is 0 Å². The number of rotatable bonds is 3. The third-order valence-electron chi connectivity index (χ3n) is 2.12. The fourth-order valence-electron chi connectivity index (χ4n) is 1.27. The molecule has 1 aromatic carbocycles. The van der Waals surface area contributed by atoms with E-state index in [1.165, 1.54) is 23.5 Å². The molecule has 0 spiro atoms. The van der Waals surface area contributed by atoms with Crippen LogP contribution < -0.4 is 11.1 Å². The Labute approximate surface area is 101 Å². The normalized spacial score (nSPS) is 10.2. The van der Waals surface area contributed by atoms with Gasteiger partial charge in [0.25, 0.3) is 5.91 Å². The van der Waals surface area contributed by atoms with Crippen LogP contribution >= 0.6 is 11.3 Å². The molecule has 0 saturated carbocycles. The summed E-state index contributed by atoms with van der Waals surface area (Å²) in [5.74, 6) is -0.588. The van der Waals surface area contributed by atoms with E-state index in [-0.39, 0.29) is 11.7 Å². The second kappa shape index (κ2) is 4.92. The molecule has 88 valence electrons. The van der Waals surface area contributed by atoms with Crippen molar-refractivity contribution in [1.82, 2.24) is 10.3 Å². The van der Waals surface area contributed by atoms with Crippen LogP contribution in [0.5, 0.6) is 0 Å². The Balaban J connectivity index is 1.94. The number of hydrogen-bond acceptors (Lipinski definition) is 4. The van der Waals surface area contributed by atoms with E-state index in [1.54, 1.807) is 17.5 Å². The molecule has 0 saturated heterocycles. The quantitative estimate of drug-likeness (QED) is 0.874. The van der Waals surface area contributed by atoms with Gasteiger partial charge in [0, 0.05) is 11.9 Å². The van der Waals surface area contributed by atoms with Gasteiger partial charge in [-0.25, -0.2) is 9.37 Å². The summed E-state index contributed by atoms with van der Waals surface area (Å²) < 4.78 is 12.6. The molecule has 2 aromatic rings. The fraction of sp³-hybridized carbons (Fsp3) is 0.0909. The van der Waals surface area contributed by atoms with E-state index in [2.05, 4.69) is 10.3 Å². The number of nitrogens with zero attached hydrogens (tertiary/aromatic N) is 1. The minimum Gasteiger partial charge on any atom is -0.375 e. The number of carbonyl (C=O) groups is 1. The maximum atomic E-state index is 12.6. The highest BCUT2D eigenvalue weighted by Gasteiger charge is 2.08. The number of thiazole rings is 1. The van der Waals surface area contributed by atoms with Gasteiger partial charge in [0.1, 0.15) is 11.5 Å². The molecule has 0 unspecified atom stereocenters. The molecule has 1 heterocycles. The minimum atomic E-state index is -0.299. The average Bonchev–Trinajstić information content (AvgIpc) is 2.75. The molecular weight excluding hydrogens is 241 g/mol. The van der Waals surface area contributed by atoms with Crippen molar-refractivity contribution in [2.45, 2.75) is 6.54 Å². The van der Waals surface area contributed by atoms with E-state index in [1.807, 2.05) is 0 Å². The van der Waals surface area contributed by atoms with E-state index in [0.29, 0.717) is 17.4 Å². The SMILES string of the molecule is Nc1nc(C(=O)NCc2ccc(F)cc2)cs1. The van der Waals surface area contributed by atoms with Crippen LogP contribution in [-0.2, 0) is 6.54 Å². The van der Waals surface area contributed by atoms with Gasteiger partial charge >= 0.3 is 0 Å². The second-order valence-electron chi connectivity index (χ2n) is 3.38. The van der Waals surface area contributed by atoms with Crippen LogP contribution in [0.25, 0.3) is 0 Å². The third-order valence-corrected chi connectivity index (χ3v) is 2.79. The lowest BCUT2D eigenvalue weighted by molar-refractivity contribution is 0.0946. The van der Waals surface area contributed by atoms with Crippen LogP contribution in [0.1, 0.15) is 16.1 Å². The van der Waals surface area contributed by atoms with Crippen molar-refractivity contribution in [3.05, 3.63) is 46.7 Å². The number of benzene rings is 1. The first-order valence-corrected chi connectivity index (χ1v) is 5.77. The number of halogens is 1. The number of nitrogens with one attached hydrogen (secondary N) is 1. The van der Waals surface area contributed by atoms with Crippen LogP contribution in [0.3, 0.4) is 0 Å². The molecule has 0 fully saturated rings. The number of aromatic nitrogens is 1. The van der Waals surface area contributed by atoms with Gasteiger partial charge in [-0.3, -0.25) is 4.79 Å². The summed E-state index contributed by atoms with van der Waals surface area (Å²) in [6, 6.07) is 5.93. The molecule has 0 bridgehead atoms. The summed E-state index contributed by atoms with van der Waals surface area (Å²) in [5, 5.41) is 4.63. The lowest BCUT2D eigenvalue weighted by Gasteiger charge is -2.03. The van der Waals surface area contributed by atoms with Gasteiger partial charge in [-0.05, 0) is 17.7 Å². The first kappa shape index (κ1) is 11.5. The first-order chi connectivity index (χ1) is 8.15. The van der Waals surface area contributed by atoms with Crippen molar-refractivity contribution in [2.24, 2.45) is 0 Å². The van der Waals surface area contributed by atoms with Crippen molar-refractivity contribution < 1.29 is 9.18 Å². The predicted molar refractivity (Wildman–Crippen MR) is 64.1 cm³/mol. The number of hydrogen-bond donors (Lipinski definition) is 2. The maximum absolute atomic E-state index is 12.6. The Hall–Kier alpha value is -1.95. The largest absolute Gasteiger partial charge is 0.375 e. The second-order valence-corrected chi connectivity index (χ2v) is 4.27. The predicted octanol–water partition coefficient (Wildman–Crippen LogP) is 1.79. The van der Waals surface area contributed by atoms with Gasteiger partial charge in [-0.2, -0.15) is 0 Å². The first-order valence-electron chi connectivity index (χ1n) is 4.89. The molecular formula is C11H10FN3OS. The van der Waals surface area contributed by atoms with E-state index in [4.69, 9.17) is 5.73 Å². The lowest BCUT2D eigenvalue weighted by Crippen LogP contribution is -2.23. The molecule has 0 atom stereocenters. The van der Waals surface area contributed by atoms with E-state index in [9.17, 15) is 9.18 Å². The summed E-state index contributed by atoms with van der Waals surface area (Å²) in [6.45, 7) is 0.330. The van der Waals surface area contributed by atoms with Crippen LogP contribution in [0, 0.1) is 5.82 Å². The summed E-state index contributed by atoms with van der Waals surface area (Å²) in [4.78, 5) is 15.5. The Morgan fingerprint density at radius 3 is 2.71 bits per heavy atom. The minimum absolute atomic E-state index is 0.290. The molecule has 3 N–H and O–H groups in total. The van der Waals surface area contributed by atoms with Gasteiger partial charge < -0.3 is 11.1 Å². The number of carbonyl (C=O) groups excluding carboxylic acids is 1. The molecule has 1 amide bonds. The zero-order chi connectivity index (χ0) is 12.3. The van der Waals surface area contributed by atoms with Crippen LogP contribution in [0.4, 0.5) is 9.52 Å². The monoisotopic (exact) mass is 251 g/mol. The van der Waals surface area contributed by atoms with Crippen molar-refractivity contribution in [3.63, 3.8) is 0 Å². The average molecular weight is 251 g/mol. The van der Waals surface area contributed by atoms with Crippen molar-refractivity contribution >= 4 is 22.4 Å². The summed E-state index contributed by atoms with van der Waals surface area (Å²) >= 11 is 1.21. The summed E-state index contributed by atoms with van der Waals surface area (Å²) in [5.41, 5.74) is 6.55. The zero-order valence-electron chi connectivity index (χ0n) is 8.81. The van der Waals surface area contributed by atoms with Crippen LogP contribution in [0.2, 0.25) is 0 Å². The van der Waals surface area contributed by atoms with Gasteiger partial charge in [-0.15, -0.1) is 11.3 Å². The standard InChI is InChI=1S/C11H10FN3OS/c12-8-3-1-7(2-4-8)5-14-10(16)9-6-17-11(13)15-9/h1-4,6H,5H2,(H2,13,15)(H,14,16). The Kier molecular flexibility index (Phi) is 3.34. The van der Waals surface area contributed by atoms with E-state index < -0.39 is 0 Å². The van der Waals surface area contributed by atoms with Gasteiger partial charge in [0.05, 0.1) is 0 Å². The maximum Gasteiger partial charge on any atom is 0.271 e. The van der Waals surface area contributed by atoms with Crippen molar-refractivity contribution in [3.8, 4) is 0 Å². The molecule has 0 aliphatic rings. The highest BCUT2D eigenvalue weighted by molar-refractivity contribution is 7.13. The van der Waals surface area contributed by atoms with Crippen molar-refractivity contribution in [2.75, 3.05) is 5.73 Å². The van der Waals surface area contributed by atoms with Crippen LogP contribution in [0.15, 0.2) is 29.6 Å². The van der Waals surface area contributed by atoms with Gasteiger partial charge in [0.15, 0.2) is 5.13 Å². The van der Waals surface area contributed by atoms with Crippen LogP contribution in [-0.4, -0.2) is 10.9 Å². The zero-order valence-corrected chi connectivity index (χ0v) is 9.63. The molecule has 6 heteroatoms. The topological polar surface area (TPSA) is 68.0 Å². The van der Waals surface area contributed by atoms with E-state index in [0.717, 1.165) is 5.56 Å².